The van der Waals surface area contributed by atoms with Gasteiger partial charge in [-0.2, -0.15) is 0 Å². The van der Waals surface area contributed by atoms with Gasteiger partial charge >= 0.3 is 0 Å². The number of carbonyl (C=O) groups excluding carboxylic acids is 2. The average Bonchev–Trinajstić information content (AvgIpc) is 3.37. The van der Waals surface area contributed by atoms with Crippen LogP contribution in [0.25, 0.3) is 0 Å². The number of carbonyl (C=O) groups is 2. The first-order valence-electron chi connectivity index (χ1n) is 13.3. The molecule has 37 heavy (non-hydrogen) atoms. The minimum Gasteiger partial charge on any atom is -0.360 e. The number of rotatable bonds is 6. The van der Waals surface area contributed by atoms with Crippen LogP contribution < -0.4 is 15.5 Å². The van der Waals surface area contributed by atoms with Crippen LogP contribution in [0.4, 0.5) is 5.69 Å². The van der Waals surface area contributed by atoms with E-state index in [0.29, 0.717) is 30.9 Å². The lowest BCUT2D eigenvalue weighted by atomic mass is 9.82. The molecule has 1 unspecified atom stereocenters. The highest BCUT2D eigenvalue weighted by Gasteiger charge is 2.48. The van der Waals surface area contributed by atoms with Gasteiger partial charge in [0, 0.05) is 24.7 Å². The molecule has 0 aromatic heterocycles. The Morgan fingerprint density at radius 2 is 1.84 bits per heavy atom. The van der Waals surface area contributed by atoms with E-state index in [0.717, 1.165) is 48.6 Å². The van der Waals surface area contributed by atoms with E-state index >= 15 is 0 Å². The van der Waals surface area contributed by atoms with Gasteiger partial charge in [0.15, 0.2) is 6.35 Å². The second-order valence-electron chi connectivity index (χ2n) is 11.0. The summed E-state index contributed by atoms with van der Waals surface area (Å²) in [7, 11) is -3.51. The van der Waals surface area contributed by atoms with Crippen LogP contribution in [0, 0.1) is 18.8 Å². The number of aliphatic hydroxyl groups is 1. The van der Waals surface area contributed by atoms with Crippen molar-refractivity contribution in [3.63, 3.8) is 0 Å². The first-order chi connectivity index (χ1) is 17.6. The summed E-state index contributed by atoms with van der Waals surface area (Å²) in [5, 5.41) is 15.7. The van der Waals surface area contributed by atoms with Crippen LogP contribution in [-0.2, 0) is 26.0 Å². The Labute approximate surface area is 218 Å². The first-order valence-corrected chi connectivity index (χ1v) is 14.9. The number of anilines is 1. The minimum atomic E-state index is -3.51. The fourth-order valence-electron chi connectivity index (χ4n) is 6.00. The van der Waals surface area contributed by atoms with Gasteiger partial charge in [-0.15, -0.1) is 0 Å². The number of nitrogens with one attached hydrogen (secondary N) is 2. The van der Waals surface area contributed by atoms with Crippen molar-refractivity contribution in [3.05, 3.63) is 29.3 Å². The summed E-state index contributed by atoms with van der Waals surface area (Å²) in [6, 6.07) is 5.34. The molecule has 11 heteroatoms. The first kappa shape index (κ1) is 26.3. The van der Waals surface area contributed by atoms with Crippen molar-refractivity contribution in [1.29, 1.82) is 0 Å². The van der Waals surface area contributed by atoms with Crippen molar-refractivity contribution < 1.29 is 23.1 Å². The van der Waals surface area contributed by atoms with Crippen LogP contribution in [0.5, 0.6) is 0 Å². The van der Waals surface area contributed by atoms with Crippen LogP contribution in [0.1, 0.15) is 56.6 Å². The van der Waals surface area contributed by atoms with Gasteiger partial charge in [0.1, 0.15) is 11.4 Å². The largest absolute Gasteiger partial charge is 0.360 e. The fraction of sp³-hybridized carbons (Fsp3) is 0.654. The predicted octanol–water partition coefficient (Wildman–Crippen LogP) is 1.27. The van der Waals surface area contributed by atoms with Crippen molar-refractivity contribution in [2.75, 3.05) is 30.3 Å². The predicted molar refractivity (Wildman–Crippen MR) is 140 cm³/mol. The molecular formula is C26H37N5O5S. The van der Waals surface area contributed by atoms with Gasteiger partial charge in [0.2, 0.25) is 15.9 Å². The molecule has 0 bridgehead atoms. The Balaban J connectivity index is 1.19. The summed E-state index contributed by atoms with van der Waals surface area (Å²) < 4.78 is 27.8. The Morgan fingerprint density at radius 3 is 2.46 bits per heavy atom. The number of sulfonamides is 1. The maximum atomic E-state index is 13.2. The van der Waals surface area contributed by atoms with Crippen LogP contribution in [0.3, 0.4) is 0 Å². The molecule has 2 amide bonds. The molecule has 202 valence electrons. The summed E-state index contributed by atoms with van der Waals surface area (Å²) >= 11 is 0. The number of aryl methyl sites for hydroxylation is 2. The number of benzene rings is 1. The van der Waals surface area contributed by atoms with E-state index in [4.69, 9.17) is 4.99 Å². The molecule has 10 nitrogen and oxygen atoms in total. The van der Waals surface area contributed by atoms with E-state index < -0.39 is 21.9 Å². The smallest absolute Gasteiger partial charge is 0.253 e. The van der Waals surface area contributed by atoms with E-state index in [-0.39, 0.29) is 37.2 Å². The number of aliphatic hydroxyl groups excluding tert-OH is 1. The lowest BCUT2D eigenvalue weighted by Crippen LogP contribution is -2.51. The van der Waals surface area contributed by atoms with E-state index in [1.165, 1.54) is 9.21 Å². The van der Waals surface area contributed by atoms with Crippen LogP contribution in [0.15, 0.2) is 23.2 Å². The lowest BCUT2D eigenvalue weighted by Gasteiger charge is -2.34. The molecule has 5 rings (SSSR count). The molecule has 1 spiro atoms. The van der Waals surface area contributed by atoms with Crippen molar-refractivity contribution in [2.24, 2.45) is 16.8 Å². The fourth-order valence-corrected chi connectivity index (χ4v) is 7.47. The second kappa shape index (κ2) is 10.1. The van der Waals surface area contributed by atoms with Crippen molar-refractivity contribution in [1.82, 2.24) is 14.9 Å². The summed E-state index contributed by atoms with van der Waals surface area (Å²) in [5.41, 5.74) is 1.48. The monoisotopic (exact) mass is 531 g/mol. The number of amides is 2. The molecular weight excluding hydrogens is 494 g/mol. The van der Waals surface area contributed by atoms with Gasteiger partial charge in [-0.3, -0.25) is 24.8 Å². The van der Waals surface area contributed by atoms with Gasteiger partial charge < -0.3 is 10.4 Å². The molecule has 3 fully saturated rings. The molecule has 3 aliphatic heterocycles. The zero-order valence-corrected chi connectivity index (χ0v) is 22.4. The zero-order valence-electron chi connectivity index (χ0n) is 21.6. The SMILES string of the molecule is Cc1cc(N2C(=O)CNC2O)ccc1CCS(=O)(=O)N1CCC2(CC1)N=C(C1CCC(C)CC1)NC2=O. The lowest BCUT2D eigenvalue weighted by molar-refractivity contribution is -0.125. The van der Waals surface area contributed by atoms with Crippen molar-refractivity contribution >= 4 is 33.4 Å². The third-order valence-electron chi connectivity index (χ3n) is 8.53. The highest BCUT2D eigenvalue weighted by Crippen LogP contribution is 2.36. The molecule has 1 aromatic rings. The van der Waals surface area contributed by atoms with Crippen LogP contribution in [-0.4, -0.2) is 72.8 Å². The Bertz CT molecular complexity index is 1200. The summed E-state index contributed by atoms with van der Waals surface area (Å²) in [5.74, 6) is 1.51. The van der Waals surface area contributed by atoms with E-state index in [9.17, 15) is 23.1 Å². The number of hydrogen-bond donors (Lipinski definition) is 3. The molecule has 3 N–H and O–H groups in total. The van der Waals surface area contributed by atoms with Crippen molar-refractivity contribution in [3.8, 4) is 0 Å². The number of aliphatic imine (C=N–C) groups is 1. The maximum absolute atomic E-state index is 13.2. The van der Waals surface area contributed by atoms with Gasteiger partial charge in [0.25, 0.3) is 5.91 Å². The van der Waals surface area contributed by atoms with Gasteiger partial charge in [0.05, 0.1) is 12.3 Å². The summed E-state index contributed by atoms with van der Waals surface area (Å²) in [4.78, 5) is 31.1. The molecule has 1 saturated carbocycles. The molecule has 1 atom stereocenters. The van der Waals surface area contributed by atoms with Crippen LogP contribution >= 0.6 is 0 Å². The summed E-state index contributed by atoms with van der Waals surface area (Å²) in [6.45, 7) is 4.78. The van der Waals surface area contributed by atoms with E-state index in [1.807, 2.05) is 13.0 Å². The van der Waals surface area contributed by atoms with Gasteiger partial charge in [-0.05, 0) is 68.2 Å². The molecule has 1 aliphatic carbocycles. The number of piperidine rings is 1. The van der Waals surface area contributed by atoms with Gasteiger partial charge in [-0.25, -0.2) is 12.7 Å². The molecule has 0 radical (unpaired) electrons. The quantitative estimate of drug-likeness (QED) is 0.507. The Hall–Kier alpha value is -2.34. The van der Waals surface area contributed by atoms with E-state index in [1.54, 1.807) is 12.1 Å². The highest BCUT2D eigenvalue weighted by atomic mass is 32.2. The minimum absolute atomic E-state index is 0.0337. The topological polar surface area (TPSA) is 131 Å². The standard InChI is InChI=1S/C26H37N5O5S/c1-17-3-5-20(6-4-17)23-28-24(33)26(29-23)10-12-30(13-11-26)37(35,36)14-9-19-7-8-21(15-18(19)2)31-22(32)16-27-25(31)34/h7-8,15,17,20,25,27,34H,3-6,9-14,16H2,1-2H3,(H,28,29,33). The maximum Gasteiger partial charge on any atom is 0.253 e. The molecule has 1 aromatic carbocycles. The van der Waals surface area contributed by atoms with Crippen LogP contribution in [0.2, 0.25) is 0 Å². The number of hydrogen-bond acceptors (Lipinski definition) is 7. The zero-order chi connectivity index (χ0) is 26.4. The van der Waals surface area contributed by atoms with Gasteiger partial charge in [-0.1, -0.05) is 25.8 Å². The number of amidine groups is 1. The average molecular weight is 532 g/mol. The Kier molecular flexibility index (Phi) is 7.16. The molecule has 4 aliphatic rings. The van der Waals surface area contributed by atoms with E-state index in [2.05, 4.69) is 17.6 Å². The van der Waals surface area contributed by atoms with Crippen molar-refractivity contribution in [2.45, 2.75) is 70.7 Å². The third-order valence-corrected chi connectivity index (χ3v) is 10.4. The highest BCUT2D eigenvalue weighted by molar-refractivity contribution is 7.89. The molecule has 2 saturated heterocycles. The second-order valence-corrected chi connectivity index (χ2v) is 13.1. The Morgan fingerprint density at radius 1 is 1.14 bits per heavy atom. The molecule has 3 heterocycles. The summed E-state index contributed by atoms with van der Waals surface area (Å²) in [6.07, 6.45) is 4.47. The number of nitrogens with zero attached hydrogens (tertiary/aromatic N) is 3. The normalized spacial score (nSPS) is 28.6. The third kappa shape index (κ3) is 5.19.